The fourth-order valence-corrected chi connectivity index (χ4v) is 2.41. The molecule has 2 aromatic carbocycles. The molecule has 0 unspecified atom stereocenters. The van der Waals surface area contributed by atoms with Crippen LogP contribution in [0.15, 0.2) is 42.5 Å². The monoisotopic (exact) mass is 375 g/mol. The van der Waals surface area contributed by atoms with Gasteiger partial charge in [-0.2, -0.15) is 15.0 Å². The van der Waals surface area contributed by atoms with Gasteiger partial charge in [0.15, 0.2) is 5.82 Å². The number of nitrogens with one attached hydrogen (secondary N) is 1. The number of rotatable bonds is 5. The summed E-state index contributed by atoms with van der Waals surface area (Å²) in [6, 6.07) is 13.0. The average molecular weight is 376 g/mol. The number of nitrogens with two attached hydrogens (primary N) is 1. The third kappa shape index (κ3) is 4.49. The van der Waals surface area contributed by atoms with E-state index in [-0.39, 0.29) is 12.6 Å². The maximum Gasteiger partial charge on any atom is 0.232 e. The Kier molecular flexibility index (Phi) is 5.21. The molecule has 1 heterocycles. The summed E-state index contributed by atoms with van der Waals surface area (Å²) < 4.78 is 5.63. The lowest BCUT2D eigenvalue weighted by molar-refractivity contribution is 0.296. The minimum Gasteiger partial charge on any atom is -0.484 e. The first-order chi connectivity index (χ1) is 12.0. The predicted octanol–water partition coefficient (Wildman–Crippen LogP) is 4.39. The van der Waals surface area contributed by atoms with Crippen molar-refractivity contribution in [1.82, 2.24) is 15.0 Å². The number of hydrogen-bond acceptors (Lipinski definition) is 6. The molecule has 0 amide bonds. The van der Waals surface area contributed by atoms with E-state index in [2.05, 4.69) is 20.3 Å². The lowest BCUT2D eigenvalue weighted by Crippen LogP contribution is -2.09. The number of benzene rings is 2. The molecule has 8 heteroatoms. The van der Waals surface area contributed by atoms with Crippen LogP contribution in [0.3, 0.4) is 0 Å². The van der Waals surface area contributed by atoms with Crippen LogP contribution in [0.2, 0.25) is 10.0 Å². The molecule has 0 radical (unpaired) electrons. The molecule has 0 aliphatic heterocycles. The molecule has 0 saturated carbocycles. The molecule has 128 valence electrons. The predicted molar refractivity (Wildman–Crippen MR) is 99.5 cm³/mol. The van der Waals surface area contributed by atoms with Crippen molar-refractivity contribution >= 4 is 40.8 Å². The zero-order chi connectivity index (χ0) is 17.8. The summed E-state index contributed by atoms with van der Waals surface area (Å²) in [4.78, 5) is 12.5. The van der Waals surface area contributed by atoms with Crippen molar-refractivity contribution in [2.75, 3.05) is 11.1 Å². The number of ether oxygens (including phenoxy) is 1. The second kappa shape index (κ2) is 7.55. The van der Waals surface area contributed by atoms with Crippen LogP contribution in [0.1, 0.15) is 11.4 Å². The molecule has 3 aromatic rings. The van der Waals surface area contributed by atoms with Gasteiger partial charge in [0.2, 0.25) is 11.9 Å². The first kappa shape index (κ1) is 17.3. The van der Waals surface area contributed by atoms with Crippen LogP contribution in [-0.4, -0.2) is 15.0 Å². The Bertz CT molecular complexity index is 887. The smallest absolute Gasteiger partial charge is 0.232 e. The molecule has 0 atom stereocenters. The molecular weight excluding hydrogens is 361 g/mol. The summed E-state index contributed by atoms with van der Waals surface area (Å²) in [7, 11) is 0. The summed E-state index contributed by atoms with van der Waals surface area (Å²) in [6.45, 7) is 2.09. The maximum atomic E-state index is 6.09. The van der Waals surface area contributed by atoms with Crippen LogP contribution in [0.25, 0.3) is 0 Å². The van der Waals surface area contributed by atoms with Gasteiger partial charge in [-0.25, -0.2) is 0 Å². The van der Waals surface area contributed by atoms with Gasteiger partial charge in [-0.3, -0.25) is 0 Å². The SMILES string of the molecule is Cc1ccc(Nc2nc(N)nc(COc3cccc(Cl)c3Cl)n2)cc1. The van der Waals surface area contributed by atoms with Gasteiger partial charge in [0, 0.05) is 5.69 Å². The van der Waals surface area contributed by atoms with E-state index >= 15 is 0 Å². The Hall–Kier alpha value is -2.57. The summed E-state index contributed by atoms with van der Waals surface area (Å²) >= 11 is 12.1. The maximum absolute atomic E-state index is 6.09. The molecule has 25 heavy (non-hydrogen) atoms. The highest BCUT2D eigenvalue weighted by Gasteiger charge is 2.09. The molecule has 0 bridgehead atoms. The van der Waals surface area contributed by atoms with Crippen molar-refractivity contribution in [3.63, 3.8) is 0 Å². The van der Waals surface area contributed by atoms with E-state index in [0.717, 1.165) is 11.3 Å². The topological polar surface area (TPSA) is 86.0 Å². The molecule has 0 saturated heterocycles. The number of hydrogen-bond donors (Lipinski definition) is 2. The van der Waals surface area contributed by atoms with Gasteiger partial charge in [-0.15, -0.1) is 0 Å². The third-order valence-electron chi connectivity index (χ3n) is 3.28. The molecule has 0 aliphatic rings. The number of nitrogens with zero attached hydrogens (tertiary/aromatic N) is 3. The summed E-state index contributed by atoms with van der Waals surface area (Å²) in [5.74, 6) is 1.26. The zero-order valence-corrected chi connectivity index (χ0v) is 14.8. The van der Waals surface area contributed by atoms with E-state index in [4.69, 9.17) is 33.7 Å². The van der Waals surface area contributed by atoms with Crippen LogP contribution in [0.4, 0.5) is 17.6 Å². The summed E-state index contributed by atoms with van der Waals surface area (Å²) in [6.07, 6.45) is 0. The lowest BCUT2D eigenvalue weighted by atomic mass is 10.2. The standard InChI is InChI=1S/C17H15Cl2N5O/c1-10-5-7-11(8-6-10)21-17-23-14(22-16(20)24-17)9-25-13-4-2-3-12(18)15(13)19/h2-8H,9H2,1H3,(H3,20,21,22,23,24). The average Bonchev–Trinajstić information content (AvgIpc) is 2.58. The zero-order valence-electron chi connectivity index (χ0n) is 13.3. The van der Waals surface area contributed by atoms with Crippen LogP contribution < -0.4 is 15.8 Å². The van der Waals surface area contributed by atoms with Crippen molar-refractivity contribution in [3.05, 3.63) is 63.9 Å². The Balaban J connectivity index is 1.75. The molecule has 3 N–H and O–H groups in total. The van der Waals surface area contributed by atoms with Gasteiger partial charge < -0.3 is 15.8 Å². The Morgan fingerprint density at radius 3 is 2.56 bits per heavy atom. The second-order valence-corrected chi connectivity index (χ2v) is 6.05. The summed E-state index contributed by atoms with van der Waals surface area (Å²) in [5, 5.41) is 3.84. The van der Waals surface area contributed by atoms with Gasteiger partial charge in [0.05, 0.1) is 5.02 Å². The van der Waals surface area contributed by atoms with Crippen molar-refractivity contribution in [3.8, 4) is 5.75 Å². The fraction of sp³-hybridized carbons (Fsp3) is 0.118. The summed E-state index contributed by atoms with van der Waals surface area (Å²) in [5.41, 5.74) is 7.76. The minimum absolute atomic E-state index is 0.0787. The molecule has 0 fully saturated rings. The number of halogens is 2. The van der Waals surface area contributed by atoms with Gasteiger partial charge in [-0.1, -0.05) is 47.0 Å². The number of aromatic nitrogens is 3. The third-order valence-corrected chi connectivity index (χ3v) is 4.08. The molecule has 0 spiro atoms. The van der Waals surface area contributed by atoms with Crippen molar-refractivity contribution in [2.24, 2.45) is 0 Å². The first-order valence-corrected chi connectivity index (χ1v) is 8.18. The largest absolute Gasteiger partial charge is 0.484 e. The van der Waals surface area contributed by atoms with E-state index in [0.29, 0.717) is 27.6 Å². The normalized spacial score (nSPS) is 10.5. The van der Waals surface area contributed by atoms with Gasteiger partial charge >= 0.3 is 0 Å². The minimum atomic E-state index is 0.0787. The van der Waals surface area contributed by atoms with Crippen LogP contribution in [0.5, 0.6) is 5.75 Å². The van der Waals surface area contributed by atoms with Crippen LogP contribution in [-0.2, 0) is 6.61 Å². The van der Waals surface area contributed by atoms with Crippen LogP contribution >= 0.6 is 23.2 Å². The molecular formula is C17H15Cl2N5O. The van der Waals surface area contributed by atoms with Crippen LogP contribution in [0, 0.1) is 6.92 Å². The molecule has 6 nitrogen and oxygen atoms in total. The highest BCUT2D eigenvalue weighted by molar-refractivity contribution is 6.42. The number of aryl methyl sites for hydroxylation is 1. The molecule has 3 rings (SSSR count). The van der Waals surface area contributed by atoms with Gasteiger partial charge in [-0.05, 0) is 31.2 Å². The highest BCUT2D eigenvalue weighted by atomic mass is 35.5. The number of anilines is 3. The Morgan fingerprint density at radius 2 is 1.80 bits per heavy atom. The van der Waals surface area contributed by atoms with E-state index in [1.165, 1.54) is 0 Å². The van der Waals surface area contributed by atoms with Gasteiger partial charge in [0.25, 0.3) is 0 Å². The second-order valence-electron chi connectivity index (χ2n) is 5.27. The van der Waals surface area contributed by atoms with E-state index in [9.17, 15) is 0 Å². The fourth-order valence-electron chi connectivity index (χ4n) is 2.06. The van der Waals surface area contributed by atoms with E-state index in [1.807, 2.05) is 31.2 Å². The van der Waals surface area contributed by atoms with E-state index in [1.54, 1.807) is 18.2 Å². The van der Waals surface area contributed by atoms with Crippen molar-refractivity contribution in [1.29, 1.82) is 0 Å². The Morgan fingerprint density at radius 1 is 1.04 bits per heavy atom. The van der Waals surface area contributed by atoms with Crippen molar-refractivity contribution in [2.45, 2.75) is 13.5 Å². The highest BCUT2D eigenvalue weighted by Crippen LogP contribution is 2.31. The Labute approximate surface area is 155 Å². The quantitative estimate of drug-likeness (QED) is 0.687. The lowest BCUT2D eigenvalue weighted by Gasteiger charge is -2.10. The van der Waals surface area contributed by atoms with Crippen molar-refractivity contribution < 1.29 is 4.74 Å². The van der Waals surface area contributed by atoms with Gasteiger partial charge in [0.1, 0.15) is 17.4 Å². The molecule has 0 aliphatic carbocycles. The number of nitrogen functional groups attached to an aromatic ring is 1. The van der Waals surface area contributed by atoms with E-state index < -0.39 is 0 Å². The molecule has 1 aromatic heterocycles. The first-order valence-electron chi connectivity index (χ1n) is 7.42.